The van der Waals surface area contributed by atoms with Crippen LogP contribution in [0.25, 0.3) is 0 Å². The first-order valence-electron chi connectivity index (χ1n) is 4.92. The summed E-state index contributed by atoms with van der Waals surface area (Å²) in [6, 6.07) is 6.69. The Morgan fingerprint density at radius 1 is 1.41 bits per heavy atom. The van der Waals surface area contributed by atoms with Crippen LogP contribution in [-0.2, 0) is 0 Å². The third-order valence-corrected chi connectivity index (χ3v) is 3.10. The highest BCUT2D eigenvalue weighted by molar-refractivity contribution is 7.13. The molecule has 1 aromatic carbocycles. The van der Waals surface area contributed by atoms with E-state index in [9.17, 15) is 9.90 Å². The van der Waals surface area contributed by atoms with Crippen molar-refractivity contribution in [2.75, 3.05) is 0 Å². The zero-order chi connectivity index (χ0) is 12.3. The van der Waals surface area contributed by atoms with Crippen molar-refractivity contribution < 1.29 is 9.90 Å². The molecule has 0 aliphatic carbocycles. The second kappa shape index (κ2) is 4.81. The Morgan fingerprint density at radius 2 is 2.24 bits per heavy atom. The topological polar surface area (TPSA) is 50.2 Å². The van der Waals surface area contributed by atoms with Crippen LogP contribution in [0.5, 0.6) is 5.75 Å². The molecule has 2 aromatic rings. The fourth-order valence-corrected chi connectivity index (χ4v) is 2.01. The van der Waals surface area contributed by atoms with Crippen LogP contribution in [0.1, 0.15) is 25.9 Å². The average molecular weight is 243 g/mol. The summed E-state index contributed by atoms with van der Waals surface area (Å²) in [5.41, 5.74) is 1.41. The van der Waals surface area contributed by atoms with Gasteiger partial charge in [0.15, 0.2) is 11.3 Å². The molecule has 1 aromatic heterocycles. The number of thiazole rings is 1. The number of rotatable bonds is 1. The molecule has 84 valence electrons. The number of benzene rings is 1. The predicted molar refractivity (Wildman–Crippen MR) is 66.3 cm³/mol. The SMILES string of the molecule is Cc1nc(C#Cc2cccc(O)c2)sc1C=O. The number of phenols is 1. The summed E-state index contributed by atoms with van der Waals surface area (Å²) < 4.78 is 0. The maximum absolute atomic E-state index is 10.6. The lowest BCUT2D eigenvalue weighted by Gasteiger charge is -1.90. The lowest BCUT2D eigenvalue weighted by molar-refractivity contribution is 0.112. The van der Waals surface area contributed by atoms with E-state index in [1.165, 1.54) is 11.3 Å². The second-order valence-electron chi connectivity index (χ2n) is 3.39. The maximum Gasteiger partial charge on any atom is 0.168 e. The molecule has 1 heterocycles. The number of carbonyl (C=O) groups excluding carboxylic acids is 1. The van der Waals surface area contributed by atoms with E-state index in [1.54, 1.807) is 31.2 Å². The molecular weight excluding hydrogens is 234 g/mol. The first kappa shape index (κ1) is 11.4. The summed E-state index contributed by atoms with van der Waals surface area (Å²) in [6.07, 6.45) is 0.784. The van der Waals surface area contributed by atoms with Gasteiger partial charge in [-0.25, -0.2) is 4.98 Å². The van der Waals surface area contributed by atoms with Crippen LogP contribution >= 0.6 is 11.3 Å². The van der Waals surface area contributed by atoms with Gasteiger partial charge >= 0.3 is 0 Å². The Morgan fingerprint density at radius 3 is 2.88 bits per heavy atom. The van der Waals surface area contributed by atoms with E-state index < -0.39 is 0 Å². The molecule has 0 unspecified atom stereocenters. The van der Waals surface area contributed by atoms with Crippen molar-refractivity contribution in [1.82, 2.24) is 4.98 Å². The van der Waals surface area contributed by atoms with Crippen molar-refractivity contribution in [2.45, 2.75) is 6.92 Å². The van der Waals surface area contributed by atoms with Gasteiger partial charge in [0.2, 0.25) is 0 Å². The number of aromatic hydroxyl groups is 1. The molecule has 2 rings (SSSR count). The minimum Gasteiger partial charge on any atom is -0.508 e. The molecule has 0 amide bonds. The van der Waals surface area contributed by atoms with Gasteiger partial charge in [0.25, 0.3) is 0 Å². The smallest absolute Gasteiger partial charge is 0.168 e. The Hall–Kier alpha value is -2.12. The monoisotopic (exact) mass is 243 g/mol. The molecule has 0 atom stereocenters. The molecule has 0 fully saturated rings. The van der Waals surface area contributed by atoms with Crippen LogP contribution in [0.15, 0.2) is 24.3 Å². The zero-order valence-corrected chi connectivity index (χ0v) is 9.91. The minimum atomic E-state index is 0.181. The van der Waals surface area contributed by atoms with E-state index >= 15 is 0 Å². The van der Waals surface area contributed by atoms with E-state index in [4.69, 9.17) is 0 Å². The molecular formula is C13H9NO2S. The van der Waals surface area contributed by atoms with Gasteiger partial charge in [-0.2, -0.15) is 0 Å². The van der Waals surface area contributed by atoms with Gasteiger partial charge in [-0.05, 0) is 31.0 Å². The van der Waals surface area contributed by atoms with Gasteiger partial charge in [-0.3, -0.25) is 4.79 Å². The van der Waals surface area contributed by atoms with Gasteiger partial charge in [-0.15, -0.1) is 11.3 Å². The van der Waals surface area contributed by atoms with Crippen LogP contribution in [-0.4, -0.2) is 16.4 Å². The molecule has 3 nitrogen and oxygen atoms in total. The summed E-state index contributed by atoms with van der Waals surface area (Å²) in [5.74, 6) is 5.94. The largest absolute Gasteiger partial charge is 0.508 e. The lowest BCUT2D eigenvalue weighted by atomic mass is 10.2. The summed E-state index contributed by atoms with van der Waals surface area (Å²) in [5, 5.41) is 9.87. The second-order valence-corrected chi connectivity index (χ2v) is 4.42. The highest BCUT2D eigenvalue weighted by Gasteiger charge is 2.03. The van der Waals surface area contributed by atoms with Gasteiger partial charge < -0.3 is 5.11 Å². The minimum absolute atomic E-state index is 0.181. The van der Waals surface area contributed by atoms with E-state index in [0.29, 0.717) is 21.1 Å². The molecule has 0 spiro atoms. The average Bonchev–Trinajstić information content (AvgIpc) is 2.67. The number of hydrogen-bond acceptors (Lipinski definition) is 4. The van der Waals surface area contributed by atoms with Crippen molar-refractivity contribution in [1.29, 1.82) is 0 Å². The Balaban J connectivity index is 2.29. The Labute approximate surface area is 103 Å². The number of aryl methyl sites for hydroxylation is 1. The van der Waals surface area contributed by atoms with Crippen molar-refractivity contribution in [2.24, 2.45) is 0 Å². The number of aromatic nitrogens is 1. The standard InChI is InChI=1S/C13H9NO2S/c1-9-12(8-15)17-13(14-9)6-5-10-3-2-4-11(16)7-10/h2-4,7-8,16H,1H3. The molecule has 0 saturated carbocycles. The van der Waals surface area contributed by atoms with Crippen LogP contribution in [0.3, 0.4) is 0 Å². The van der Waals surface area contributed by atoms with Crippen molar-refractivity contribution >= 4 is 17.6 Å². The van der Waals surface area contributed by atoms with E-state index in [1.807, 2.05) is 0 Å². The van der Waals surface area contributed by atoms with Crippen LogP contribution < -0.4 is 0 Å². The lowest BCUT2D eigenvalue weighted by Crippen LogP contribution is -1.78. The first-order valence-corrected chi connectivity index (χ1v) is 5.74. The number of aldehydes is 1. The van der Waals surface area contributed by atoms with E-state index in [0.717, 1.165) is 6.29 Å². The molecule has 0 bridgehead atoms. The summed E-state index contributed by atoms with van der Waals surface area (Å²) >= 11 is 1.27. The third kappa shape index (κ3) is 2.71. The quantitative estimate of drug-likeness (QED) is 0.618. The normalized spacial score (nSPS) is 9.47. The summed E-state index contributed by atoms with van der Waals surface area (Å²) in [6.45, 7) is 1.78. The van der Waals surface area contributed by atoms with E-state index in [-0.39, 0.29) is 5.75 Å². The molecule has 0 radical (unpaired) electrons. The highest BCUT2D eigenvalue weighted by atomic mass is 32.1. The molecule has 1 N–H and O–H groups in total. The van der Waals surface area contributed by atoms with Gasteiger partial charge in [-0.1, -0.05) is 12.0 Å². The van der Waals surface area contributed by atoms with Crippen LogP contribution in [0, 0.1) is 18.8 Å². The number of nitrogens with zero attached hydrogens (tertiary/aromatic N) is 1. The van der Waals surface area contributed by atoms with Crippen LogP contribution in [0.2, 0.25) is 0 Å². The summed E-state index contributed by atoms with van der Waals surface area (Å²) in [7, 11) is 0. The van der Waals surface area contributed by atoms with Crippen molar-refractivity contribution in [3.63, 3.8) is 0 Å². The molecule has 0 saturated heterocycles. The number of hydrogen-bond donors (Lipinski definition) is 1. The third-order valence-electron chi connectivity index (χ3n) is 2.10. The molecule has 4 heteroatoms. The molecule has 17 heavy (non-hydrogen) atoms. The maximum atomic E-state index is 10.6. The Kier molecular flexibility index (Phi) is 3.22. The Bertz CT molecular complexity index is 620. The fourth-order valence-electron chi connectivity index (χ4n) is 1.28. The summed E-state index contributed by atoms with van der Waals surface area (Å²) in [4.78, 5) is 15.4. The van der Waals surface area contributed by atoms with Gasteiger partial charge in [0.1, 0.15) is 5.75 Å². The van der Waals surface area contributed by atoms with Gasteiger partial charge in [0.05, 0.1) is 10.6 Å². The van der Waals surface area contributed by atoms with Crippen LogP contribution in [0.4, 0.5) is 0 Å². The number of carbonyl (C=O) groups is 1. The molecule has 0 aliphatic rings. The fraction of sp³-hybridized carbons (Fsp3) is 0.0769. The number of phenolic OH excluding ortho intramolecular Hbond substituents is 1. The van der Waals surface area contributed by atoms with Gasteiger partial charge in [0, 0.05) is 5.56 Å². The predicted octanol–water partition coefficient (Wildman–Crippen LogP) is 2.37. The van der Waals surface area contributed by atoms with Crippen molar-refractivity contribution in [3.8, 4) is 17.6 Å². The zero-order valence-electron chi connectivity index (χ0n) is 9.10. The highest BCUT2D eigenvalue weighted by Crippen LogP contribution is 2.15. The van der Waals surface area contributed by atoms with Crippen molar-refractivity contribution in [3.05, 3.63) is 45.4 Å². The molecule has 0 aliphatic heterocycles. The van der Waals surface area contributed by atoms with E-state index in [2.05, 4.69) is 16.8 Å². The first-order chi connectivity index (χ1) is 8.19.